The van der Waals surface area contributed by atoms with E-state index in [1.54, 1.807) is 0 Å². The second-order valence-corrected chi connectivity index (χ2v) is 6.29. The lowest BCUT2D eigenvalue weighted by molar-refractivity contribution is 0.00578. The Morgan fingerprint density at radius 1 is 1.06 bits per heavy atom. The molecule has 0 radical (unpaired) electrons. The molecule has 2 rings (SSSR count). The molecule has 1 saturated heterocycles. The molecule has 0 aromatic carbocycles. The summed E-state index contributed by atoms with van der Waals surface area (Å²) in [5.41, 5.74) is 1.12. The highest BCUT2D eigenvalue weighted by Gasteiger charge is 2.53. The van der Waals surface area contributed by atoms with Crippen molar-refractivity contribution in [2.75, 3.05) is 0 Å². The van der Waals surface area contributed by atoms with Gasteiger partial charge in [0.25, 0.3) is 0 Å². The van der Waals surface area contributed by atoms with E-state index in [2.05, 4.69) is 19.0 Å². The summed E-state index contributed by atoms with van der Waals surface area (Å²) in [5.74, 6) is 1.12. The van der Waals surface area contributed by atoms with Gasteiger partial charge in [0.2, 0.25) is 0 Å². The molecule has 100 valence electrons. The van der Waals surface area contributed by atoms with Crippen molar-refractivity contribution in [3.8, 4) is 0 Å². The van der Waals surface area contributed by atoms with Crippen LogP contribution >= 0.6 is 0 Å². The van der Waals surface area contributed by atoms with Crippen LogP contribution in [0.4, 0.5) is 0 Å². The van der Waals surface area contributed by atoms with E-state index in [4.69, 9.17) is 13.8 Å². The summed E-state index contributed by atoms with van der Waals surface area (Å²) in [7, 11) is -0.390. The minimum absolute atomic E-state index is 0.264. The van der Waals surface area contributed by atoms with Crippen LogP contribution in [0.15, 0.2) is 4.52 Å². The molecule has 0 N–H and O–H groups in total. The minimum Gasteiger partial charge on any atom is -0.399 e. The van der Waals surface area contributed by atoms with Crippen molar-refractivity contribution in [1.29, 1.82) is 0 Å². The Bertz CT molecular complexity index is 435. The lowest BCUT2D eigenvalue weighted by Gasteiger charge is -2.32. The summed E-state index contributed by atoms with van der Waals surface area (Å²) in [6, 6.07) is 0. The molecular weight excluding hydrogens is 229 g/mol. The van der Waals surface area contributed by atoms with Gasteiger partial charge in [-0.25, -0.2) is 0 Å². The smallest absolute Gasteiger partial charge is 0.399 e. The lowest BCUT2D eigenvalue weighted by atomic mass is 9.75. The van der Waals surface area contributed by atoms with Gasteiger partial charge in [-0.05, 0) is 34.6 Å². The van der Waals surface area contributed by atoms with E-state index in [1.165, 1.54) is 0 Å². The number of hydrogen-bond donors (Lipinski definition) is 0. The molecular formula is C13H22BNO3. The molecule has 0 unspecified atom stereocenters. The van der Waals surface area contributed by atoms with E-state index >= 15 is 0 Å². The molecule has 0 amide bonds. The second-order valence-electron chi connectivity index (χ2n) is 6.29. The van der Waals surface area contributed by atoms with Crippen LogP contribution < -0.4 is 5.46 Å². The van der Waals surface area contributed by atoms with Crippen molar-refractivity contribution >= 4 is 12.6 Å². The second kappa shape index (κ2) is 4.10. The maximum Gasteiger partial charge on any atom is 0.500 e. The van der Waals surface area contributed by atoms with Gasteiger partial charge in [-0.3, -0.25) is 0 Å². The zero-order valence-corrected chi connectivity index (χ0v) is 12.3. The molecule has 0 saturated carbocycles. The molecule has 0 atom stereocenters. The van der Waals surface area contributed by atoms with Gasteiger partial charge in [-0.2, -0.15) is 0 Å². The summed E-state index contributed by atoms with van der Waals surface area (Å²) in [6.45, 7) is 14.3. The van der Waals surface area contributed by atoms with Crippen LogP contribution in [0.3, 0.4) is 0 Å². The fourth-order valence-electron chi connectivity index (χ4n) is 2.06. The number of rotatable bonds is 2. The molecule has 5 heteroatoms. The highest BCUT2D eigenvalue weighted by molar-refractivity contribution is 6.63. The third-order valence-corrected chi connectivity index (χ3v) is 3.95. The monoisotopic (exact) mass is 251 g/mol. The van der Waals surface area contributed by atoms with Gasteiger partial charge in [-0.15, -0.1) is 0 Å². The fourth-order valence-corrected chi connectivity index (χ4v) is 2.06. The minimum atomic E-state index is -0.390. The molecule has 4 nitrogen and oxygen atoms in total. The highest BCUT2D eigenvalue weighted by Crippen LogP contribution is 2.37. The molecule has 0 spiro atoms. The van der Waals surface area contributed by atoms with Crippen LogP contribution in [0.25, 0.3) is 0 Å². The number of aryl methyl sites for hydroxylation is 1. The normalized spacial score (nSPS) is 21.9. The Balaban J connectivity index is 2.38. The Morgan fingerprint density at radius 2 is 1.56 bits per heavy atom. The highest BCUT2D eigenvalue weighted by atomic mass is 16.7. The molecule has 1 aromatic heterocycles. The van der Waals surface area contributed by atoms with E-state index in [1.807, 2.05) is 34.6 Å². The van der Waals surface area contributed by atoms with Crippen molar-refractivity contribution in [2.24, 2.45) is 0 Å². The molecule has 0 aliphatic carbocycles. The Kier molecular flexibility index (Phi) is 3.10. The Hall–Kier alpha value is -0.805. The average Bonchev–Trinajstić information content (AvgIpc) is 2.66. The summed E-state index contributed by atoms with van der Waals surface area (Å²) in [5, 5.41) is 4.04. The number of hydrogen-bond acceptors (Lipinski definition) is 4. The van der Waals surface area contributed by atoms with Crippen LogP contribution in [-0.2, 0) is 9.31 Å². The predicted molar refractivity (Wildman–Crippen MR) is 71.0 cm³/mol. The van der Waals surface area contributed by atoms with E-state index in [9.17, 15) is 0 Å². The first-order chi connectivity index (χ1) is 8.16. The molecule has 18 heavy (non-hydrogen) atoms. The molecule has 1 aliphatic rings. The summed E-state index contributed by atoms with van der Waals surface area (Å²) in [6.07, 6.45) is 0. The zero-order valence-electron chi connectivity index (χ0n) is 12.3. The van der Waals surface area contributed by atoms with Gasteiger partial charge >= 0.3 is 7.12 Å². The summed E-state index contributed by atoms with van der Waals surface area (Å²) >= 11 is 0. The predicted octanol–water partition coefficient (Wildman–Crippen LogP) is 2.41. The van der Waals surface area contributed by atoms with E-state index in [-0.39, 0.29) is 17.1 Å². The quantitative estimate of drug-likeness (QED) is 0.757. The maximum atomic E-state index is 6.06. The van der Waals surface area contributed by atoms with Gasteiger partial charge in [0, 0.05) is 11.4 Å². The Morgan fingerprint density at radius 3 is 2.00 bits per heavy atom. The topological polar surface area (TPSA) is 44.5 Å². The standard InChI is InChI=1S/C13H22BNO3/c1-8(2)11-10(9(3)15-16-11)14-17-12(4,5)13(6,7)18-14/h8H,1-7H3. The average molecular weight is 251 g/mol. The van der Waals surface area contributed by atoms with Gasteiger partial charge in [0.1, 0.15) is 5.76 Å². The molecule has 1 fully saturated rings. The summed E-state index contributed by atoms with van der Waals surface area (Å²) in [4.78, 5) is 0. The van der Waals surface area contributed by atoms with Gasteiger partial charge in [0.05, 0.1) is 16.9 Å². The third-order valence-electron chi connectivity index (χ3n) is 3.95. The number of aromatic nitrogens is 1. The molecule has 0 bridgehead atoms. The SMILES string of the molecule is Cc1noc(C(C)C)c1B1OC(C)(C)C(C)(C)O1. The van der Waals surface area contributed by atoms with Gasteiger partial charge in [0.15, 0.2) is 0 Å². The van der Waals surface area contributed by atoms with Crippen molar-refractivity contribution < 1.29 is 13.8 Å². The number of nitrogens with zero attached hydrogens (tertiary/aromatic N) is 1. The van der Waals surface area contributed by atoms with Crippen molar-refractivity contribution in [1.82, 2.24) is 5.16 Å². The first-order valence-electron chi connectivity index (χ1n) is 6.47. The lowest BCUT2D eigenvalue weighted by Crippen LogP contribution is -2.41. The van der Waals surface area contributed by atoms with E-state index in [0.717, 1.165) is 16.9 Å². The van der Waals surface area contributed by atoms with Crippen LogP contribution in [0.2, 0.25) is 0 Å². The van der Waals surface area contributed by atoms with E-state index in [0.29, 0.717) is 0 Å². The van der Waals surface area contributed by atoms with Crippen molar-refractivity contribution in [2.45, 2.75) is 65.6 Å². The van der Waals surface area contributed by atoms with Gasteiger partial charge < -0.3 is 13.8 Å². The van der Waals surface area contributed by atoms with Crippen LogP contribution in [0, 0.1) is 6.92 Å². The third kappa shape index (κ3) is 1.99. The molecule has 1 aliphatic heterocycles. The van der Waals surface area contributed by atoms with Gasteiger partial charge in [-0.1, -0.05) is 19.0 Å². The van der Waals surface area contributed by atoms with E-state index < -0.39 is 7.12 Å². The first-order valence-corrected chi connectivity index (χ1v) is 6.47. The summed E-state index contributed by atoms with van der Waals surface area (Å²) < 4.78 is 17.5. The van der Waals surface area contributed by atoms with Crippen LogP contribution in [-0.4, -0.2) is 23.5 Å². The Labute approximate surface area is 109 Å². The maximum absolute atomic E-state index is 6.06. The first kappa shape index (κ1) is 13.6. The van der Waals surface area contributed by atoms with Crippen LogP contribution in [0.5, 0.6) is 0 Å². The molecule has 1 aromatic rings. The fraction of sp³-hybridized carbons (Fsp3) is 0.769. The molecule has 2 heterocycles. The zero-order chi connectivity index (χ0) is 13.7. The van der Waals surface area contributed by atoms with Crippen molar-refractivity contribution in [3.63, 3.8) is 0 Å². The van der Waals surface area contributed by atoms with Crippen molar-refractivity contribution in [3.05, 3.63) is 11.5 Å². The largest absolute Gasteiger partial charge is 0.500 e. The van der Waals surface area contributed by atoms with Crippen LogP contribution in [0.1, 0.15) is 58.9 Å².